The Kier molecular flexibility index (Phi) is 5.94. The minimum absolute atomic E-state index is 0.147. The van der Waals surface area contributed by atoms with Gasteiger partial charge in [0.2, 0.25) is 5.89 Å². The summed E-state index contributed by atoms with van der Waals surface area (Å²) in [6.45, 7) is 6.03. The normalized spacial score (nSPS) is 12.4. The number of fused-ring (bicyclic) bond motifs is 1. The molecule has 0 N–H and O–H groups in total. The fraction of sp³-hybridized carbons (Fsp3) is 0.318. The molecule has 0 amide bonds. The second-order valence-corrected chi connectivity index (χ2v) is 8.42. The lowest BCUT2D eigenvalue weighted by Gasteiger charge is -2.15. The molecule has 4 rings (SSSR count). The molecule has 7 nitrogen and oxygen atoms in total. The van der Waals surface area contributed by atoms with Gasteiger partial charge in [0.05, 0.1) is 16.2 Å². The number of rotatable bonds is 7. The van der Waals surface area contributed by atoms with Crippen molar-refractivity contribution in [3.8, 4) is 5.82 Å². The van der Waals surface area contributed by atoms with Crippen LogP contribution in [0.5, 0.6) is 0 Å². The monoisotopic (exact) mass is 421 g/mol. The second-order valence-electron chi connectivity index (χ2n) is 7.11. The summed E-state index contributed by atoms with van der Waals surface area (Å²) < 4.78 is 7.05. The zero-order valence-electron chi connectivity index (χ0n) is 17.2. The first kappa shape index (κ1) is 20.3. The molecule has 0 fully saturated rings. The molecule has 0 saturated carbocycles. The van der Waals surface area contributed by atoms with Gasteiger partial charge in [0.1, 0.15) is 5.82 Å². The van der Waals surface area contributed by atoms with Crippen LogP contribution in [-0.4, -0.2) is 24.7 Å². The molecule has 154 valence electrons. The van der Waals surface area contributed by atoms with E-state index in [2.05, 4.69) is 22.0 Å². The lowest BCUT2D eigenvalue weighted by molar-refractivity contribution is 0.374. The first-order valence-electron chi connectivity index (χ1n) is 10.0. The van der Waals surface area contributed by atoms with Crippen molar-refractivity contribution in [2.45, 2.75) is 50.4 Å². The van der Waals surface area contributed by atoms with E-state index in [1.807, 2.05) is 44.2 Å². The van der Waals surface area contributed by atoms with E-state index in [1.165, 1.54) is 11.8 Å². The first-order chi connectivity index (χ1) is 14.6. The third-order valence-electron chi connectivity index (χ3n) is 4.81. The highest BCUT2D eigenvalue weighted by Crippen LogP contribution is 2.34. The van der Waals surface area contributed by atoms with Gasteiger partial charge < -0.3 is 4.52 Å². The van der Waals surface area contributed by atoms with Crippen LogP contribution in [0.15, 0.2) is 57.1 Å². The first-order valence-corrected chi connectivity index (χ1v) is 10.9. The van der Waals surface area contributed by atoms with Gasteiger partial charge >= 0.3 is 0 Å². The Hall–Kier alpha value is -3.00. The fourth-order valence-corrected chi connectivity index (χ4v) is 4.11. The van der Waals surface area contributed by atoms with Crippen LogP contribution in [0.3, 0.4) is 0 Å². The predicted octanol–water partition coefficient (Wildman–Crippen LogP) is 4.67. The molecule has 30 heavy (non-hydrogen) atoms. The van der Waals surface area contributed by atoms with Crippen molar-refractivity contribution in [1.82, 2.24) is 24.7 Å². The average Bonchev–Trinajstić information content (AvgIpc) is 3.23. The largest absolute Gasteiger partial charge is 0.338 e. The van der Waals surface area contributed by atoms with Crippen LogP contribution < -0.4 is 5.56 Å². The number of benzene rings is 1. The Balaban J connectivity index is 1.78. The quantitative estimate of drug-likeness (QED) is 0.317. The van der Waals surface area contributed by atoms with Crippen LogP contribution in [-0.2, 0) is 6.42 Å². The van der Waals surface area contributed by atoms with Crippen LogP contribution in [0.2, 0.25) is 0 Å². The maximum atomic E-state index is 13.4. The van der Waals surface area contributed by atoms with E-state index in [0.29, 0.717) is 33.6 Å². The van der Waals surface area contributed by atoms with E-state index in [1.54, 1.807) is 16.8 Å². The predicted molar refractivity (Wildman–Crippen MR) is 117 cm³/mol. The van der Waals surface area contributed by atoms with Gasteiger partial charge in [-0.15, -0.1) is 0 Å². The molecule has 0 saturated heterocycles. The van der Waals surface area contributed by atoms with Gasteiger partial charge in [0.25, 0.3) is 5.56 Å². The summed E-state index contributed by atoms with van der Waals surface area (Å²) in [6.07, 6.45) is 4.57. The molecule has 0 aliphatic heterocycles. The Labute approximate surface area is 178 Å². The van der Waals surface area contributed by atoms with E-state index >= 15 is 0 Å². The number of aryl methyl sites for hydroxylation is 2. The Morgan fingerprint density at radius 3 is 2.80 bits per heavy atom. The SMILES string of the molecule is CCCCc1noc([C@H](C)Sc2nc3ccccc3c(=O)n2-c2ncccc2C)n1. The van der Waals surface area contributed by atoms with Crippen LogP contribution in [0.4, 0.5) is 0 Å². The number of aromatic nitrogens is 5. The van der Waals surface area contributed by atoms with Crippen LogP contribution in [0, 0.1) is 6.92 Å². The minimum atomic E-state index is -0.170. The number of hydrogen-bond acceptors (Lipinski definition) is 7. The maximum absolute atomic E-state index is 13.4. The molecule has 0 bridgehead atoms. The lowest BCUT2D eigenvalue weighted by atomic mass is 10.2. The highest BCUT2D eigenvalue weighted by Gasteiger charge is 2.21. The lowest BCUT2D eigenvalue weighted by Crippen LogP contribution is -2.23. The van der Waals surface area contributed by atoms with Crippen molar-refractivity contribution >= 4 is 22.7 Å². The van der Waals surface area contributed by atoms with Crippen molar-refractivity contribution in [2.24, 2.45) is 0 Å². The van der Waals surface area contributed by atoms with Crippen molar-refractivity contribution in [2.75, 3.05) is 0 Å². The van der Waals surface area contributed by atoms with Gasteiger partial charge in [-0.25, -0.2) is 14.5 Å². The molecule has 1 aromatic carbocycles. The summed E-state index contributed by atoms with van der Waals surface area (Å²) >= 11 is 1.41. The summed E-state index contributed by atoms with van der Waals surface area (Å²) in [4.78, 5) is 27.1. The van der Waals surface area contributed by atoms with Gasteiger partial charge in [0, 0.05) is 12.6 Å². The van der Waals surface area contributed by atoms with E-state index in [4.69, 9.17) is 9.51 Å². The molecule has 0 spiro atoms. The van der Waals surface area contributed by atoms with Crippen molar-refractivity contribution in [3.63, 3.8) is 0 Å². The zero-order valence-corrected chi connectivity index (χ0v) is 18.0. The molecule has 1 atom stereocenters. The molecule has 3 aromatic heterocycles. The van der Waals surface area contributed by atoms with E-state index < -0.39 is 0 Å². The third kappa shape index (κ3) is 4.00. The molecule has 3 heterocycles. The highest BCUT2D eigenvalue weighted by atomic mass is 32.2. The number of hydrogen-bond donors (Lipinski definition) is 0. The maximum Gasteiger partial charge on any atom is 0.267 e. The van der Waals surface area contributed by atoms with Gasteiger partial charge in [-0.1, -0.05) is 48.5 Å². The second kappa shape index (κ2) is 8.79. The van der Waals surface area contributed by atoms with Crippen molar-refractivity contribution in [3.05, 3.63) is 70.2 Å². The van der Waals surface area contributed by atoms with Gasteiger partial charge in [-0.05, 0) is 44.0 Å². The third-order valence-corrected chi connectivity index (χ3v) is 5.85. The highest BCUT2D eigenvalue weighted by molar-refractivity contribution is 7.99. The number of unbranched alkanes of at least 4 members (excludes halogenated alkanes) is 1. The smallest absolute Gasteiger partial charge is 0.267 e. The number of thioether (sulfide) groups is 1. The van der Waals surface area contributed by atoms with E-state index in [-0.39, 0.29) is 10.8 Å². The van der Waals surface area contributed by atoms with Gasteiger partial charge in [0.15, 0.2) is 11.0 Å². The molecular formula is C22H23N5O2S. The minimum Gasteiger partial charge on any atom is -0.338 e. The summed E-state index contributed by atoms with van der Waals surface area (Å²) in [5, 5.41) is 5.01. The molecular weight excluding hydrogens is 398 g/mol. The van der Waals surface area contributed by atoms with Crippen LogP contribution in [0.1, 0.15) is 49.2 Å². The Morgan fingerprint density at radius 1 is 1.17 bits per heavy atom. The summed E-state index contributed by atoms with van der Waals surface area (Å²) in [5.41, 5.74) is 1.40. The van der Waals surface area contributed by atoms with Crippen molar-refractivity contribution < 1.29 is 4.52 Å². The summed E-state index contributed by atoms with van der Waals surface area (Å²) in [7, 11) is 0. The van der Waals surface area contributed by atoms with Gasteiger partial charge in [-0.2, -0.15) is 4.98 Å². The standard InChI is InChI=1S/C22H23N5O2S/c1-4-5-12-18-25-20(29-26-18)15(3)30-22-24-17-11-7-6-10-16(17)21(28)27(22)19-14(2)9-8-13-23-19/h6-11,13,15H,4-5,12H2,1-3H3/t15-/m0/s1. The Morgan fingerprint density at radius 2 is 2.00 bits per heavy atom. The number of nitrogens with zero attached hydrogens (tertiary/aromatic N) is 5. The summed E-state index contributed by atoms with van der Waals surface area (Å²) in [6, 6.07) is 11.1. The fourth-order valence-electron chi connectivity index (χ4n) is 3.17. The number of para-hydroxylation sites is 1. The molecule has 4 aromatic rings. The molecule has 0 aliphatic carbocycles. The molecule has 8 heteroatoms. The molecule has 0 aliphatic rings. The van der Waals surface area contributed by atoms with Crippen molar-refractivity contribution in [1.29, 1.82) is 0 Å². The average molecular weight is 422 g/mol. The van der Waals surface area contributed by atoms with E-state index in [9.17, 15) is 4.79 Å². The molecule has 0 radical (unpaired) electrons. The topological polar surface area (TPSA) is 86.7 Å². The van der Waals surface area contributed by atoms with Crippen LogP contribution in [0.25, 0.3) is 16.7 Å². The van der Waals surface area contributed by atoms with Crippen LogP contribution >= 0.6 is 11.8 Å². The Bertz CT molecular complexity index is 1230. The molecule has 0 unspecified atom stereocenters. The summed E-state index contributed by atoms with van der Waals surface area (Å²) in [5.74, 6) is 1.81. The number of pyridine rings is 1. The zero-order chi connectivity index (χ0) is 21.1. The van der Waals surface area contributed by atoms with E-state index in [0.717, 1.165) is 24.8 Å². The van der Waals surface area contributed by atoms with Gasteiger partial charge in [-0.3, -0.25) is 4.79 Å².